The molecule has 8 heteroatoms. The molecule has 0 heterocycles. The normalized spacial score (nSPS) is 11.6. The minimum absolute atomic E-state index is 0.129. The molecule has 1 unspecified atom stereocenters. The maximum Gasteiger partial charge on any atom is 0.326 e. The quantitative estimate of drug-likeness (QED) is 0.478. The number of aliphatic carboxylic acids is 1. The Labute approximate surface area is 98.7 Å². The van der Waals surface area contributed by atoms with Crippen molar-refractivity contribution in [3.8, 4) is 0 Å². The van der Waals surface area contributed by atoms with Crippen molar-refractivity contribution >= 4 is 17.9 Å². The SMILES string of the molecule is CC(C(=O)O)N(C)C(=O)NCCOCC(N)=O. The molecule has 0 bridgehead atoms. The van der Waals surface area contributed by atoms with E-state index in [1.807, 2.05) is 0 Å². The van der Waals surface area contributed by atoms with Gasteiger partial charge >= 0.3 is 12.0 Å². The lowest BCUT2D eigenvalue weighted by Crippen LogP contribution is -2.46. The Hall–Kier alpha value is -1.83. The molecular formula is C9H17N3O5. The summed E-state index contributed by atoms with van der Waals surface area (Å²) in [6.07, 6.45) is 0. The van der Waals surface area contributed by atoms with E-state index in [9.17, 15) is 14.4 Å². The number of nitrogens with one attached hydrogen (secondary N) is 1. The van der Waals surface area contributed by atoms with Gasteiger partial charge in [-0.05, 0) is 6.92 Å². The van der Waals surface area contributed by atoms with Crippen LogP contribution in [0.4, 0.5) is 4.79 Å². The van der Waals surface area contributed by atoms with Gasteiger partial charge in [-0.2, -0.15) is 0 Å². The summed E-state index contributed by atoms with van der Waals surface area (Å²) in [6.45, 7) is 1.48. The zero-order valence-electron chi connectivity index (χ0n) is 9.80. The number of likely N-dealkylation sites (N-methyl/N-ethyl adjacent to an activating group) is 1. The molecule has 98 valence electrons. The van der Waals surface area contributed by atoms with E-state index in [0.29, 0.717) is 0 Å². The Kier molecular flexibility index (Phi) is 6.64. The van der Waals surface area contributed by atoms with E-state index in [4.69, 9.17) is 15.6 Å². The molecule has 0 fully saturated rings. The molecule has 17 heavy (non-hydrogen) atoms. The number of urea groups is 1. The molecule has 4 N–H and O–H groups in total. The Bertz CT molecular complexity index is 294. The van der Waals surface area contributed by atoms with E-state index in [-0.39, 0.29) is 19.8 Å². The average molecular weight is 247 g/mol. The summed E-state index contributed by atoms with van der Waals surface area (Å²) in [4.78, 5) is 33.3. The summed E-state index contributed by atoms with van der Waals surface area (Å²) in [5.41, 5.74) is 4.83. The minimum Gasteiger partial charge on any atom is -0.480 e. The lowest BCUT2D eigenvalue weighted by Gasteiger charge is -2.21. The van der Waals surface area contributed by atoms with Crippen LogP contribution in [0.5, 0.6) is 0 Å². The predicted molar refractivity (Wildman–Crippen MR) is 58.3 cm³/mol. The summed E-state index contributed by atoms with van der Waals surface area (Å²) >= 11 is 0. The second-order valence-corrected chi connectivity index (χ2v) is 3.38. The van der Waals surface area contributed by atoms with E-state index in [0.717, 1.165) is 4.90 Å². The molecule has 0 aliphatic carbocycles. The Balaban J connectivity index is 3.79. The third-order valence-corrected chi connectivity index (χ3v) is 2.03. The highest BCUT2D eigenvalue weighted by Crippen LogP contribution is 1.95. The molecule has 0 saturated heterocycles. The van der Waals surface area contributed by atoms with Gasteiger partial charge in [-0.3, -0.25) is 4.79 Å². The first-order valence-electron chi connectivity index (χ1n) is 4.95. The maximum absolute atomic E-state index is 11.4. The fourth-order valence-electron chi connectivity index (χ4n) is 0.869. The van der Waals surface area contributed by atoms with Gasteiger partial charge < -0.3 is 25.8 Å². The van der Waals surface area contributed by atoms with Crippen LogP contribution < -0.4 is 11.1 Å². The number of hydrogen-bond acceptors (Lipinski definition) is 4. The smallest absolute Gasteiger partial charge is 0.326 e. The van der Waals surface area contributed by atoms with Crippen molar-refractivity contribution in [1.29, 1.82) is 0 Å². The van der Waals surface area contributed by atoms with Crippen LogP contribution in [0, 0.1) is 0 Å². The number of carboxylic acid groups (broad SMARTS) is 1. The molecule has 0 spiro atoms. The van der Waals surface area contributed by atoms with Crippen LogP contribution in [-0.2, 0) is 14.3 Å². The molecular weight excluding hydrogens is 230 g/mol. The zero-order valence-corrected chi connectivity index (χ0v) is 9.80. The summed E-state index contributed by atoms with van der Waals surface area (Å²) < 4.78 is 4.81. The van der Waals surface area contributed by atoms with Gasteiger partial charge in [0, 0.05) is 13.6 Å². The Morgan fingerprint density at radius 1 is 1.47 bits per heavy atom. The monoisotopic (exact) mass is 247 g/mol. The predicted octanol–water partition coefficient (Wildman–Crippen LogP) is -1.40. The van der Waals surface area contributed by atoms with Gasteiger partial charge in [0.1, 0.15) is 12.6 Å². The van der Waals surface area contributed by atoms with Gasteiger partial charge in [0.25, 0.3) is 0 Å². The van der Waals surface area contributed by atoms with Crippen molar-refractivity contribution in [2.75, 3.05) is 26.8 Å². The maximum atomic E-state index is 11.4. The van der Waals surface area contributed by atoms with Crippen molar-refractivity contribution in [3.05, 3.63) is 0 Å². The van der Waals surface area contributed by atoms with Gasteiger partial charge in [0.15, 0.2) is 0 Å². The first-order chi connectivity index (χ1) is 7.86. The molecule has 0 aromatic rings. The molecule has 0 saturated carbocycles. The molecule has 0 aliphatic rings. The number of nitrogens with zero attached hydrogens (tertiary/aromatic N) is 1. The van der Waals surface area contributed by atoms with Crippen LogP contribution >= 0.6 is 0 Å². The number of amides is 3. The third kappa shape index (κ3) is 6.36. The Morgan fingerprint density at radius 2 is 2.06 bits per heavy atom. The summed E-state index contributed by atoms with van der Waals surface area (Å²) in [6, 6.07) is -1.44. The topological polar surface area (TPSA) is 122 Å². The number of ether oxygens (including phenoxy) is 1. The molecule has 1 atom stereocenters. The molecule has 0 radical (unpaired) electrons. The number of hydrogen-bond donors (Lipinski definition) is 3. The lowest BCUT2D eigenvalue weighted by molar-refractivity contribution is -0.141. The number of primary amides is 1. The summed E-state index contributed by atoms with van der Waals surface area (Å²) in [7, 11) is 1.37. The first-order valence-corrected chi connectivity index (χ1v) is 4.95. The van der Waals surface area contributed by atoms with Crippen LogP contribution in [0.1, 0.15) is 6.92 Å². The van der Waals surface area contributed by atoms with Crippen LogP contribution in [0.2, 0.25) is 0 Å². The van der Waals surface area contributed by atoms with Gasteiger partial charge in [-0.25, -0.2) is 9.59 Å². The van der Waals surface area contributed by atoms with Gasteiger partial charge in [0.05, 0.1) is 6.61 Å². The first kappa shape index (κ1) is 15.2. The standard InChI is InChI=1S/C9H17N3O5/c1-6(8(14)15)12(2)9(16)11-3-4-17-5-7(10)13/h6H,3-5H2,1-2H3,(H2,10,13)(H,11,16)(H,14,15). The molecule has 0 aromatic carbocycles. The third-order valence-electron chi connectivity index (χ3n) is 2.03. The molecule has 8 nitrogen and oxygen atoms in total. The van der Waals surface area contributed by atoms with E-state index in [2.05, 4.69) is 5.32 Å². The van der Waals surface area contributed by atoms with Crippen molar-refractivity contribution in [1.82, 2.24) is 10.2 Å². The highest BCUT2D eigenvalue weighted by atomic mass is 16.5. The van der Waals surface area contributed by atoms with E-state index in [1.54, 1.807) is 0 Å². The van der Waals surface area contributed by atoms with Crippen LogP contribution in [0.3, 0.4) is 0 Å². The Morgan fingerprint density at radius 3 is 2.53 bits per heavy atom. The van der Waals surface area contributed by atoms with Crippen molar-refractivity contribution in [3.63, 3.8) is 0 Å². The zero-order chi connectivity index (χ0) is 13.4. The fourth-order valence-corrected chi connectivity index (χ4v) is 0.869. The largest absolute Gasteiger partial charge is 0.480 e. The van der Waals surface area contributed by atoms with Gasteiger partial charge in [0.2, 0.25) is 5.91 Å². The van der Waals surface area contributed by atoms with E-state index >= 15 is 0 Å². The van der Waals surface area contributed by atoms with Crippen molar-refractivity contribution in [2.45, 2.75) is 13.0 Å². The van der Waals surface area contributed by atoms with Crippen molar-refractivity contribution < 1.29 is 24.2 Å². The number of carbonyl (C=O) groups is 3. The average Bonchev–Trinajstić information content (AvgIpc) is 2.25. The van der Waals surface area contributed by atoms with Crippen LogP contribution in [0.25, 0.3) is 0 Å². The summed E-state index contributed by atoms with van der Waals surface area (Å²) in [5.74, 6) is -1.68. The highest BCUT2D eigenvalue weighted by molar-refractivity contribution is 5.82. The second kappa shape index (κ2) is 7.44. The number of carboxylic acids is 1. The molecule has 0 aliphatic heterocycles. The van der Waals surface area contributed by atoms with Crippen molar-refractivity contribution in [2.24, 2.45) is 5.73 Å². The van der Waals surface area contributed by atoms with Crippen LogP contribution in [0.15, 0.2) is 0 Å². The number of rotatable bonds is 7. The lowest BCUT2D eigenvalue weighted by atomic mass is 10.3. The highest BCUT2D eigenvalue weighted by Gasteiger charge is 2.20. The number of carbonyl (C=O) groups excluding carboxylic acids is 2. The van der Waals surface area contributed by atoms with Gasteiger partial charge in [-0.1, -0.05) is 0 Å². The number of nitrogens with two attached hydrogens (primary N) is 1. The van der Waals surface area contributed by atoms with E-state index < -0.39 is 23.9 Å². The molecule has 0 rings (SSSR count). The minimum atomic E-state index is -1.09. The van der Waals surface area contributed by atoms with E-state index in [1.165, 1.54) is 14.0 Å². The molecule has 3 amide bonds. The second-order valence-electron chi connectivity index (χ2n) is 3.38. The summed E-state index contributed by atoms with van der Waals surface area (Å²) in [5, 5.41) is 11.1. The van der Waals surface area contributed by atoms with Gasteiger partial charge in [-0.15, -0.1) is 0 Å². The van der Waals surface area contributed by atoms with Crippen LogP contribution in [-0.4, -0.2) is 60.8 Å². The molecule has 0 aromatic heterocycles. The fraction of sp³-hybridized carbons (Fsp3) is 0.667.